The minimum absolute atomic E-state index is 0.341. The van der Waals surface area contributed by atoms with Crippen molar-refractivity contribution in [3.63, 3.8) is 0 Å². The Kier molecular flexibility index (Phi) is 6.37. The van der Waals surface area contributed by atoms with Crippen LogP contribution in [0.1, 0.15) is 24.0 Å². The fourth-order valence-corrected chi connectivity index (χ4v) is 4.49. The molecule has 1 aromatic heterocycles. The summed E-state index contributed by atoms with van der Waals surface area (Å²) in [5, 5.41) is 3.64. The van der Waals surface area contributed by atoms with E-state index in [2.05, 4.69) is 52.8 Å². The molecule has 1 aliphatic carbocycles. The van der Waals surface area contributed by atoms with Crippen molar-refractivity contribution in [1.82, 2.24) is 10.3 Å². The van der Waals surface area contributed by atoms with Gasteiger partial charge in [0.1, 0.15) is 6.61 Å². The van der Waals surface area contributed by atoms with Crippen LogP contribution in [0.5, 0.6) is 11.5 Å². The zero-order valence-electron chi connectivity index (χ0n) is 16.6. The van der Waals surface area contributed by atoms with Gasteiger partial charge in [-0.2, -0.15) is 0 Å². The molecular formula is C24H26N2O2S. The maximum Gasteiger partial charge on any atom is 0.161 e. The number of hydrogen-bond donors (Lipinski definition) is 1. The molecule has 3 aromatic rings. The highest BCUT2D eigenvalue weighted by atomic mass is 32.2. The van der Waals surface area contributed by atoms with Gasteiger partial charge in [-0.05, 0) is 48.7 Å². The summed E-state index contributed by atoms with van der Waals surface area (Å²) < 4.78 is 11.8. The molecule has 1 aliphatic rings. The van der Waals surface area contributed by atoms with E-state index in [1.54, 1.807) is 13.3 Å². The van der Waals surface area contributed by atoms with E-state index in [0.29, 0.717) is 11.4 Å². The number of pyridine rings is 1. The Balaban J connectivity index is 1.33. The van der Waals surface area contributed by atoms with Crippen molar-refractivity contribution in [3.05, 3.63) is 84.2 Å². The van der Waals surface area contributed by atoms with Crippen LogP contribution in [0.3, 0.4) is 0 Å². The van der Waals surface area contributed by atoms with Crippen molar-refractivity contribution in [3.8, 4) is 11.5 Å². The quantitative estimate of drug-likeness (QED) is 0.508. The maximum atomic E-state index is 6.00. The number of methoxy groups -OCH3 is 1. The molecule has 0 unspecified atom stereocenters. The summed E-state index contributed by atoms with van der Waals surface area (Å²) in [6.07, 6.45) is 6.11. The van der Waals surface area contributed by atoms with Gasteiger partial charge in [-0.25, -0.2) is 0 Å². The zero-order valence-corrected chi connectivity index (χ0v) is 17.5. The molecule has 5 heteroatoms. The lowest BCUT2D eigenvalue weighted by Gasteiger charge is -2.17. The highest BCUT2D eigenvalue weighted by molar-refractivity contribution is 8.01. The molecule has 1 heterocycles. The first-order valence-electron chi connectivity index (χ1n) is 9.90. The number of benzene rings is 2. The van der Waals surface area contributed by atoms with Gasteiger partial charge in [0.2, 0.25) is 0 Å². The third-order valence-corrected chi connectivity index (χ3v) is 6.50. The molecule has 2 aromatic carbocycles. The van der Waals surface area contributed by atoms with E-state index in [9.17, 15) is 0 Å². The summed E-state index contributed by atoms with van der Waals surface area (Å²) >= 11 is 1.99. The minimum atomic E-state index is 0.341. The SMILES string of the molecule is COc1ccc(CNCC2(Sc3ccccc3)CC2)cc1OCc1cccnc1. The Morgan fingerprint density at radius 1 is 1.00 bits per heavy atom. The lowest BCUT2D eigenvalue weighted by Crippen LogP contribution is -2.25. The van der Waals surface area contributed by atoms with Crippen LogP contribution in [-0.2, 0) is 13.2 Å². The van der Waals surface area contributed by atoms with Crippen molar-refractivity contribution in [2.45, 2.75) is 35.6 Å². The van der Waals surface area contributed by atoms with Gasteiger partial charge in [0.25, 0.3) is 0 Å². The van der Waals surface area contributed by atoms with Crippen LogP contribution >= 0.6 is 11.8 Å². The summed E-state index contributed by atoms with van der Waals surface area (Å²) in [7, 11) is 1.67. The zero-order chi connectivity index (χ0) is 19.9. The summed E-state index contributed by atoms with van der Waals surface area (Å²) in [5.74, 6) is 1.51. The van der Waals surface area contributed by atoms with Crippen molar-refractivity contribution < 1.29 is 9.47 Å². The molecule has 150 valence electrons. The van der Waals surface area contributed by atoms with E-state index in [0.717, 1.165) is 30.2 Å². The molecule has 0 radical (unpaired) electrons. The summed E-state index contributed by atoms with van der Waals surface area (Å²) in [5.41, 5.74) is 2.22. The van der Waals surface area contributed by atoms with Gasteiger partial charge in [0, 0.05) is 40.7 Å². The van der Waals surface area contributed by atoms with Crippen LogP contribution in [-0.4, -0.2) is 23.4 Å². The van der Waals surface area contributed by atoms with Gasteiger partial charge in [-0.3, -0.25) is 4.98 Å². The fourth-order valence-electron chi connectivity index (χ4n) is 3.22. The van der Waals surface area contributed by atoms with E-state index in [1.807, 2.05) is 36.2 Å². The number of aromatic nitrogens is 1. The highest BCUT2D eigenvalue weighted by Crippen LogP contribution is 2.51. The number of hydrogen-bond acceptors (Lipinski definition) is 5. The Bertz CT molecular complexity index is 915. The van der Waals surface area contributed by atoms with E-state index in [4.69, 9.17) is 9.47 Å². The summed E-state index contributed by atoms with van der Waals surface area (Å²) in [4.78, 5) is 5.48. The van der Waals surface area contributed by atoms with Crippen molar-refractivity contribution in [2.75, 3.05) is 13.7 Å². The number of nitrogens with zero attached hydrogens (tertiary/aromatic N) is 1. The Hall–Kier alpha value is -2.50. The normalized spacial score (nSPS) is 14.4. The highest BCUT2D eigenvalue weighted by Gasteiger charge is 2.43. The van der Waals surface area contributed by atoms with Crippen LogP contribution < -0.4 is 14.8 Å². The van der Waals surface area contributed by atoms with Crippen molar-refractivity contribution >= 4 is 11.8 Å². The second-order valence-corrected chi connectivity index (χ2v) is 8.88. The average molecular weight is 407 g/mol. The number of rotatable bonds is 10. The third kappa shape index (κ3) is 5.52. The molecule has 4 nitrogen and oxygen atoms in total. The Morgan fingerprint density at radius 3 is 2.59 bits per heavy atom. The molecule has 0 amide bonds. The first-order chi connectivity index (χ1) is 14.3. The van der Waals surface area contributed by atoms with Crippen LogP contribution in [0.2, 0.25) is 0 Å². The third-order valence-electron chi connectivity index (χ3n) is 5.01. The van der Waals surface area contributed by atoms with Crippen LogP contribution in [0.15, 0.2) is 78.0 Å². The first-order valence-corrected chi connectivity index (χ1v) is 10.7. The lowest BCUT2D eigenvalue weighted by molar-refractivity contribution is 0.283. The molecule has 0 spiro atoms. The van der Waals surface area contributed by atoms with Gasteiger partial charge < -0.3 is 14.8 Å². The van der Waals surface area contributed by atoms with E-state index in [-0.39, 0.29) is 0 Å². The monoisotopic (exact) mass is 406 g/mol. The molecule has 0 aliphatic heterocycles. The summed E-state index contributed by atoms with van der Waals surface area (Å²) in [6.45, 7) is 2.28. The first kappa shape index (κ1) is 19.8. The van der Waals surface area contributed by atoms with Gasteiger partial charge >= 0.3 is 0 Å². The molecule has 0 atom stereocenters. The molecule has 1 N–H and O–H groups in total. The standard InChI is InChI=1S/C24H26N2O2S/c1-27-22-10-9-19(14-23(22)28-17-20-6-5-13-25-16-20)15-26-18-24(11-12-24)29-21-7-3-2-4-8-21/h2-10,13-14,16,26H,11-12,15,17-18H2,1H3. The van der Waals surface area contributed by atoms with E-state index >= 15 is 0 Å². The van der Waals surface area contributed by atoms with E-state index < -0.39 is 0 Å². The van der Waals surface area contributed by atoms with Gasteiger partial charge in [0.15, 0.2) is 11.5 Å². The fraction of sp³-hybridized carbons (Fsp3) is 0.292. The number of ether oxygens (including phenoxy) is 2. The topological polar surface area (TPSA) is 43.4 Å². The predicted octanol–water partition coefficient (Wildman–Crippen LogP) is 5.08. The molecule has 29 heavy (non-hydrogen) atoms. The van der Waals surface area contributed by atoms with Gasteiger partial charge in [-0.1, -0.05) is 30.3 Å². The Labute approximate surface area is 176 Å². The molecule has 0 saturated heterocycles. The predicted molar refractivity (Wildman–Crippen MR) is 118 cm³/mol. The molecule has 1 fully saturated rings. The minimum Gasteiger partial charge on any atom is -0.493 e. The summed E-state index contributed by atoms with van der Waals surface area (Å²) in [6, 6.07) is 20.7. The van der Waals surface area contributed by atoms with Gasteiger partial charge in [-0.15, -0.1) is 11.8 Å². The lowest BCUT2D eigenvalue weighted by atomic mass is 10.2. The Morgan fingerprint density at radius 2 is 1.86 bits per heavy atom. The second-order valence-electron chi connectivity index (χ2n) is 7.34. The molecule has 1 saturated carbocycles. The number of thioether (sulfide) groups is 1. The molecular weight excluding hydrogens is 380 g/mol. The molecule has 4 rings (SSSR count). The maximum absolute atomic E-state index is 6.00. The smallest absolute Gasteiger partial charge is 0.161 e. The van der Waals surface area contributed by atoms with Crippen LogP contribution in [0.25, 0.3) is 0 Å². The van der Waals surface area contributed by atoms with Crippen molar-refractivity contribution in [2.24, 2.45) is 0 Å². The molecule has 0 bridgehead atoms. The number of nitrogens with one attached hydrogen (secondary N) is 1. The van der Waals surface area contributed by atoms with E-state index in [1.165, 1.54) is 23.3 Å². The van der Waals surface area contributed by atoms with Gasteiger partial charge in [0.05, 0.1) is 7.11 Å². The average Bonchev–Trinajstić information content (AvgIpc) is 3.53. The van der Waals surface area contributed by atoms with Crippen LogP contribution in [0.4, 0.5) is 0 Å². The van der Waals surface area contributed by atoms with Crippen LogP contribution in [0, 0.1) is 0 Å². The second kappa shape index (κ2) is 9.33. The largest absolute Gasteiger partial charge is 0.493 e. The van der Waals surface area contributed by atoms with Crippen molar-refractivity contribution in [1.29, 1.82) is 0 Å².